The van der Waals surface area contributed by atoms with Crippen molar-refractivity contribution in [3.05, 3.63) is 40.2 Å². The Morgan fingerprint density at radius 1 is 1.25 bits per heavy atom. The van der Waals surface area contributed by atoms with E-state index in [-0.39, 0.29) is 35.2 Å². The van der Waals surface area contributed by atoms with Crippen LogP contribution in [0.15, 0.2) is 23.1 Å². The third-order valence-corrected chi connectivity index (χ3v) is 7.39. The van der Waals surface area contributed by atoms with E-state index >= 15 is 4.39 Å². The molecule has 2 aromatic heterocycles. The topological polar surface area (TPSA) is 159 Å². The standard InChI is InChI=1S/C26H33FN10O3/c1-16(38)15-40-23-10-19(27)20(11-22(23)37-26(39)35(2)33-34-37)31-25-30-14-18(12-28)24(32-25)29-13-17-6-5-9-36-8-4-3-7-21(17)36/h10-11,14,16-17,21,38H,3-9,13,15H2,1-2H3,(H2,29,30,31,32). The van der Waals surface area contributed by atoms with Crippen molar-refractivity contribution in [3.8, 4) is 17.5 Å². The molecule has 0 saturated carbocycles. The van der Waals surface area contributed by atoms with E-state index in [4.69, 9.17) is 4.74 Å². The minimum absolute atomic E-state index is 0.00103. The van der Waals surface area contributed by atoms with Crippen LogP contribution >= 0.6 is 0 Å². The number of piperidine rings is 2. The monoisotopic (exact) mass is 552 g/mol. The fraction of sp³-hybridized carbons (Fsp3) is 0.538. The Balaban J connectivity index is 1.39. The average molecular weight is 553 g/mol. The maximum Gasteiger partial charge on any atom is 0.368 e. The lowest BCUT2D eigenvalue weighted by atomic mass is 9.83. The second kappa shape index (κ2) is 12.0. The van der Waals surface area contributed by atoms with E-state index in [1.165, 1.54) is 45.5 Å². The van der Waals surface area contributed by atoms with Crippen LogP contribution in [0.25, 0.3) is 5.69 Å². The van der Waals surface area contributed by atoms with E-state index in [2.05, 4.69) is 42.0 Å². The first-order valence-corrected chi connectivity index (χ1v) is 13.5. The van der Waals surface area contributed by atoms with Crippen molar-refractivity contribution in [1.82, 2.24) is 34.7 Å². The second-order valence-corrected chi connectivity index (χ2v) is 10.3. The second-order valence-electron chi connectivity index (χ2n) is 10.3. The molecule has 2 fully saturated rings. The minimum atomic E-state index is -0.819. The molecule has 40 heavy (non-hydrogen) atoms. The molecule has 5 rings (SSSR count). The van der Waals surface area contributed by atoms with E-state index in [1.807, 2.05) is 0 Å². The Bertz CT molecular complexity index is 1450. The van der Waals surface area contributed by atoms with Gasteiger partial charge in [-0.05, 0) is 68.1 Å². The predicted molar refractivity (Wildman–Crippen MR) is 144 cm³/mol. The number of aryl methyl sites for hydroxylation is 1. The average Bonchev–Trinajstić information content (AvgIpc) is 3.29. The van der Waals surface area contributed by atoms with Gasteiger partial charge in [0.2, 0.25) is 5.95 Å². The molecule has 3 N–H and O–H groups in total. The Morgan fingerprint density at radius 2 is 2.08 bits per heavy atom. The number of rotatable bonds is 9. The Morgan fingerprint density at radius 3 is 2.83 bits per heavy atom. The molecule has 13 nitrogen and oxygen atoms in total. The fourth-order valence-corrected chi connectivity index (χ4v) is 5.42. The van der Waals surface area contributed by atoms with Gasteiger partial charge >= 0.3 is 5.69 Å². The molecule has 0 bridgehead atoms. The van der Waals surface area contributed by atoms with Gasteiger partial charge in [-0.1, -0.05) is 6.42 Å². The molecule has 2 aliphatic heterocycles. The van der Waals surface area contributed by atoms with Crippen LogP contribution in [0.3, 0.4) is 0 Å². The number of nitriles is 1. The largest absolute Gasteiger partial charge is 0.489 e. The van der Waals surface area contributed by atoms with Crippen LogP contribution in [-0.2, 0) is 7.05 Å². The SMILES string of the molecule is CC(O)COc1cc(F)c(Nc2ncc(C#N)c(NCC3CCCN4CCCCC34)n2)cc1-n1nnn(C)c1=O. The summed E-state index contributed by atoms with van der Waals surface area (Å²) in [5, 5.41) is 33.0. The first-order valence-electron chi connectivity index (χ1n) is 13.5. The maximum atomic E-state index is 15.2. The highest BCUT2D eigenvalue weighted by Crippen LogP contribution is 2.32. The summed E-state index contributed by atoms with van der Waals surface area (Å²) in [6.45, 7) is 4.36. The van der Waals surface area contributed by atoms with Crippen LogP contribution in [0.5, 0.6) is 5.75 Å². The number of nitrogens with zero attached hydrogens (tertiary/aromatic N) is 8. The van der Waals surface area contributed by atoms with E-state index < -0.39 is 17.6 Å². The third kappa shape index (κ3) is 5.90. The minimum Gasteiger partial charge on any atom is -0.489 e. The summed E-state index contributed by atoms with van der Waals surface area (Å²) in [4.78, 5) is 23.8. The summed E-state index contributed by atoms with van der Waals surface area (Å²) in [6, 6.07) is 5.07. The van der Waals surface area contributed by atoms with Gasteiger partial charge in [0.05, 0.1) is 18.0 Å². The summed E-state index contributed by atoms with van der Waals surface area (Å²) in [7, 11) is 1.43. The smallest absolute Gasteiger partial charge is 0.368 e. The maximum absolute atomic E-state index is 15.2. The zero-order chi connectivity index (χ0) is 28.2. The third-order valence-electron chi connectivity index (χ3n) is 7.39. The number of aliphatic hydroxyl groups is 1. The number of halogens is 1. The molecule has 0 radical (unpaired) electrons. The van der Waals surface area contributed by atoms with E-state index in [0.717, 1.165) is 41.4 Å². The van der Waals surface area contributed by atoms with Crippen molar-refractivity contribution in [2.75, 3.05) is 36.9 Å². The summed E-state index contributed by atoms with van der Waals surface area (Å²) in [6.07, 6.45) is 6.50. The summed E-state index contributed by atoms with van der Waals surface area (Å²) in [5.74, 6) is 0.183. The van der Waals surface area contributed by atoms with Gasteiger partial charge in [-0.2, -0.15) is 19.6 Å². The molecule has 4 heterocycles. The number of nitrogens with one attached hydrogen (secondary N) is 2. The van der Waals surface area contributed by atoms with Crippen LogP contribution in [0.4, 0.5) is 21.8 Å². The van der Waals surface area contributed by atoms with Gasteiger partial charge in [0.1, 0.15) is 35.5 Å². The van der Waals surface area contributed by atoms with Crippen molar-refractivity contribution in [2.45, 2.75) is 51.2 Å². The number of hydrogen-bond acceptors (Lipinski definition) is 11. The Kier molecular flexibility index (Phi) is 8.22. The molecule has 3 unspecified atom stereocenters. The van der Waals surface area contributed by atoms with E-state index in [0.29, 0.717) is 24.3 Å². The van der Waals surface area contributed by atoms with Gasteiger partial charge in [-0.25, -0.2) is 14.2 Å². The molecular formula is C26H33FN10O3. The number of aliphatic hydroxyl groups excluding tert-OH is 1. The van der Waals surface area contributed by atoms with Crippen molar-refractivity contribution in [1.29, 1.82) is 5.26 Å². The zero-order valence-electron chi connectivity index (χ0n) is 22.5. The predicted octanol–water partition coefficient (Wildman–Crippen LogP) is 1.95. The summed E-state index contributed by atoms with van der Waals surface area (Å²) in [5.41, 5.74) is -0.211. The normalized spacial score (nSPS) is 19.9. The molecule has 2 saturated heterocycles. The Labute approximate surface area is 230 Å². The molecule has 0 aliphatic carbocycles. The molecular weight excluding hydrogens is 519 g/mol. The molecule has 212 valence electrons. The number of tetrazole rings is 1. The quantitative estimate of drug-likeness (QED) is 0.356. The van der Waals surface area contributed by atoms with Gasteiger partial charge in [-0.15, -0.1) is 0 Å². The molecule has 1 aromatic carbocycles. The number of fused-ring (bicyclic) bond motifs is 1. The van der Waals surface area contributed by atoms with Crippen molar-refractivity contribution >= 4 is 17.5 Å². The van der Waals surface area contributed by atoms with Crippen LogP contribution in [0, 0.1) is 23.1 Å². The highest BCUT2D eigenvalue weighted by Gasteiger charge is 2.33. The molecule has 0 spiro atoms. The Hall–Kier alpha value is -4.09. The molecule has 0 amide bonds. The lowest BCUT2D eigenvalue weighted by Crippen LogP contribution is -2.49. The van der Waals surface area contributed by atoms with E-state index in [1.54, 1.807) is 0 Å². The molecule has 14 heteroatoms. The van der Waals surface area contributed by atoms with Gasteiger partial charge in [0.25, 0.3) is 0 Å². The number of aromatic nitrogens is 6. The van der Waals surface area contributed by atoms with Crippen LogP contribution < -0.4 is 21.1 Å². The van der Waals surface area contributed by atoms with Gasteiger partial charge in [-0.3, -0.25) is 0 Å². The summed E-state index contributed by atoms with van der Waals surface area (Å²) < 4.78 is 22.7. The van der Waals surface area contributed by atoms with Crippen LogP contribution in [-0.4, -0.2) is 78.2 Å². The van der Waals surface area contributed by atoms with Gasteiger partial charge < -0.3 is 25.4 Å². The van der Waals surface area contributed by atoms with Crippen LogP contribution in [0.1, 0.15) is 44.6 Å². The number of anilines is 3. The highest BCUT2D eigenvalue weighted by molar-refractivity contribution is 5.64. The first-order chi connectivity index (χ1) is 19.3. The summed E-state index contributed by atoms with van der Waals surface area (Å²) >= 11 is 0. The lowest BCUT2D eigenvalue weighted by molar-refractivity contribution is 0.0649. The molecule has 3 aromatic rings. The molecule has 2 aliphatic rings. The number of benzene rings is 1. The first kappa shape index (κ1) is 27.5. The highest BCUT2D eigenvalue weighted by atomic mass is 19.1. The van der Waals surface area contributed by atoms with Crippen LogP contribution in [0.2, 0.25) is 0 Å². The van der Waals surface area contributed by atoms with Gasteiger partial charge in [0, 0.05) is 25.7 Å². The lowest BCUT2D eigenvalue weighted by Gasteiger charge is -2.44. The van der Waals surface area contributed by atoms with Gasteiger partial charge in [0.15, 0.2) is 5.82 Å². The van der Waals surface area contributed by atoms with Crippen molar-refractivity contribution in [2.24, 2.45) is 13.0 Å². The van der Waals surface area contributed by atoms with Crippen molar-refractivity contribution in [3.63, 3.8) is 0 Å². The van der Waals surface area contributed by atoms with Crippen molar-refractivity contribution < 1.29 is 14.2 Å². The van der Waals surface area contributed by atoms with E-state index in [9.17, 15) is 15.2 Å². The fourth-order valence-electron chi connectivity index (χ4n) is 5.42. The zero-order valence-corrected chi connectivity index (χ0v) is 22.5. The number of ether oxygens (including phenoxy) is 1. The molecule has 3 atom stereocenters. The number of hydrogen-bond donors (Lipinski definition) is 3.